The molecule has 92 valence electrons. The Morgan fingerprint density at radius 3 is 2.67 bits per heavy atom. The molecule has 2 N–H and O–H groups in total. The fourth-order valence-corrected chi connectivity index (χ4v) is 1.58. The van der Waals surface area contributed by atoms with Gasteiger partial charge >= 0.3 is 0 Å². The normalized spacial score (nSPS) is 10.1. The zero-order valence-electron chi connectivity index (χ0n) is 10.3. The van der Waals surface area contributed by atoms with Crippen molar-refractivity contribution >= 4 is 11.6 Å². The Morgan fingerprint density at radius 2 is 2.00 bits per heavy atom. The maximum absolute atomic E-state index is 11.9. The van der Waals surface area contributed by atoms with E-state index < -0.39 is 5.91 Å². The minimum atomic E-state index is -0.420. The molecular weight excluding hydrogens is 228 g/mol. The number of amides is 1. The summed E-state index contributed by atoms with van der Waals surface area (Å²) >= 11 is 0. The summed E-state index contributed by atoms with van der Waals surface area (Å²) in [6, 6.07) is 8.64. The van der Waals surface area contributed by atoms with E-state index in [1.165, 1.54) is 12.3 Å². The number of aryl methyl sites for hydroxylation is 2. The molecule has 0 saturated heterocycles. The molecule has 1 amide bonds. The number of nitrogens with one attached hydrogen (secondary N) is 1. The molecule has 0 aliphatic carbocycles. The zero-order valence-corrected chi connectivity index (χ0v) is 10.3. The molecule has 4 nitrogen and oxygen atoms in total. The molecule has 0 saturated carbocycles. The Balaban J connectivity index is 2.22. The maximum Gasteiger partial charge on any atom is 0.278 e. The molecule has 0 unspecified atom stereocenters. The highest BCUT2D eigenvalue weighted by atomic mass is 16.3. The quantitative estimate of drug-likeness (QED) is 0.851. The summed E-state index contributed by atoms with van der Waals surface area (Å²) in [6.07, 6.45) is 1.47. The fourth-order valence-electron chi connectivity index (χ4n) is 1.58. The molecule has 1 aromatic carbocycles. The third-order valence-electron chi connectivity index (χ3n) is 2.77. The third-order valence-corrected chi connectivity index (χ3v) is 2.77. The summed E-state index contributed by atoms with van der Waals surface area (Å²) in [4.78, 5) is 15.7. The van der Waals surface area contributed by atoms with E-state index in [1.807, 2.05) is 32.0 Å². The molecule has 0 spiro atoms. The lowest BCUT2D eigenvalue weighted by molar-refractivity contribution is 0.101. The van der Waals surface area contributed by atoms with Gasteiger partial charge in [0.25, 0.3) is 5.91 Å². The van der Waals surface area contributed by atoms with Crippen LogP contribution < -0.4 is 5.32 Å². The van der Waals surface area contributed by atoms with Crippen molar-refractivity contribution in [2.24, 2.45) is 0 Å². The first-order chi connectivity index (χ1) is 8.58. The highest BCUT2D eigenvalue weighted by Gasteiger charge is 2.12. The minimum absolute atomic E-state index is 0.0238. The average molecular weight is 242 g/mol. The number of nitrogens with zero attached hydrogens (tertiary/aromatic N) is 1. The number of pyridine rings is 1. The maximum atomic E-state index is 11.9. The number of carbonyl (C=O) groups excluding carboxylic acids is 1. The number of anilines is 1. The summed E-state index contributed by atoms with van der Waals surface area (Å²) in [5, 5.41) is 12.2. The predicted octanol–water partition coefficient (Wildman–Crippen LogP) is 2.66. The van der Waals surface area contributed by atoms with Gasteiger partial charge in [-0.2, -0.15) is 0 Å². The first-order valence-corrected chi connectivity index (χ1v) is 5.60. The van der Waals surface area contributed by atoms with Gasteiger partial charge in [-0.15, -0.1) is 0 Å². The number of rotatable bonds is 2. The van der Waals surface area contributed by atoms with Gasteiger partial charge in [0.05, 0.1) is 0 Å². The number of aromatic hydroxyl groups is 1. The van der Waals surface area contributed by atoms with E-state index in [0.717, 1.165) is 11.1 Å². The summed E-state index contributed by atoms with van der Waals surface area (Å²) in [7, 11) is 0. The van der Waals surface area contributed by atoms with Gasteiger partial charge in [0.15, 0.2) is 5.69 Å². The lowest BCUT2D eigenvalue weighted by atomic mass is 10.1. The van der Waals surface area contributed by atoms with E-state index in [-0.39, 0.29) is 11.4 Å². The van der Waals surface area contributed by atoms with Crippen LogP contribution in [0.5, 0.6) is 5.75 Å². The van der Waals surface area contributed by atoms with Crippen molar-refractivity contribution in [2.45, 2.75) is 13.8 Å². The Kier molecular flexibility index (Phi) is 3.28. The highest BCUT2D eigenvalue weighted by Crippen LogP contribution is 2.17. The Morgan fingerprint density at radius 1 is 1.22 bits per heavy atom. The molecule has 0 aliphatic rings. The van der Waals surface area contributed by atoms with Gasteiger partial charge in [-0.3, -0.25) is 4.79 Å². The number of aromatic nitrogens is 1. The van der Waals surface area contributed by atoms with Gasteiger partial charge in [0.1, 0.15) is 5.75 Å². The lowest BCUT2D eigenvalue weighted by Gasteiger charge is -2.07. The van der Waals surface area contributed by atoms with Crippen molar-refractivity contribution in [1.82, 2.24) is 4.98 Å². The van der Waals surface area contributed by atoms with E-state index in [2.05, 4.69) is 10.3 Å². The number of hydrogen-bond donors (Lipinski definition) is 2. The van der Waals surface area contributed by atoms with Crippen molar-refractivity contribution in [2.75, 3.05) is 5.32 Å². The summed E-state index contributed by atoms with van der Waals surface area (Å²) in [5.41, 5.74) is 2.97. The van der Waals surface area contributed by atoms with Gasteiger partial charge in [0.2, 0.25) is 0 Å². The third kappa shape index (κ3) is 2.48. The molecule has 0 radical (unpaired) electrons. The molecule has 1 heterocycles. The molecule has 2 aromatic rings. The molecule has 4 heteroatoms. The predicted molar refractivity (Wildman–Crippen MR) is 69.8 cm³/mol. The van der Waals surface area contributed by atoms with Crippen LogP contribution in [0.3, 0.4) is 0 Å². The van der Waals surface area contributed by atoms with Crippen molar-refractivity contribution in [3.63, 3.8) is 0 Å². The van der Waals surface area contributed by atoms with Crippen LogP contribution in [0.4, 0.5) is 5.69 Å². The van der Waals surface area contributed by atoms with Crippen LogP contribution in [0.1, 0.15) is 21.6 Å². The summed E-state index contributed by atoms with van der Waals surface area (Å²) in [6.45, 7) is 3.98. The van der Waals surface area contributed by atoms with Crippen molar-refractivity contribution in [3.8, 4) is 5.75 Å². The lowest BCUT2D eigenvalue weighted by Crippen LogP contribution is -2.13. The second kappa shape index (κ2) is 4.87. The van der Waals surface area contributed by atoms with Crippen LogP contribution in [-0.2, 0) is 0 Å². The van der Waals surface area contributed by atoms with Crippen LogP contribution in [-0.4, -0.2) is 16.0 Å². The molecule has 0 fully saturated rings. The van der Waals surface area contributed by atoms with E-state index in [0.29, 0.717) is 5.69 Å². The summed E-state index contributed by atoms with van der Waals surface area (Å²) < 4.78 is 0. The standard InChI is InChI=1S/C14H14N2O2/c1-9-5-6-11(8-10(9)2)16-14(18)13-12(17)4-3-7-15-13/h3-8,17H,1-2H3,(H,16,18). The molecule has 2 rings (SSSR count). The van der Waals surface area contributed by atoms with E-state index in [4.69, 9.17) is 0 Å². The number of benzene rings is 1. The molecule has 0 atom stereocenters. The Bertz CT molecular complexity index is 594. The Hall–Kier alpha value is -2.36. The monoisotopic (exact) mass is 242 g/mol. The highest BCUT2D eigenvalue weighted by molar-refractivity contribution is 6.04. The zero-order chi connectivity index (χ0) is 13.1. The minimum Gasteiger partial charge on any atom is -0.505 e. The van der Waals surface area contributed by atoms with E-state index in [1.54, 1.807) is 6.07 Å². The van der Waals surface area contributed by atoms with Crippen LogP contribution in [0.25, 0.3) is 0 Å². The van der Waals surface area contributed by atoms with Gasteiger partial charge in [-0.05, 0) is 49.2 Å². The molecule has 18 heavy (non-hydrogen) atoms. The first-order valence-electron chi connectivity index (χ1n) is 5.60. The number of hydrogen-bond acceptors (Lipinski definition) is 3. The molecular formula is C14H14N2O2. The van der Waals surface area contributed by atoms with Crippen LogP contribution in [0.15, 0.2) is 36.5 Å². The fraction of sp³-hybridized carbons (Fsp3) is 0.143. The smallest absolute Gasteiger partial charge is 0.278 e. The van der Waals surface area contributed by atoms with E-state index >= 15 is 0 Å². The van der Waals surface area contributed by atoms with Gasteiger partial charge < -0.3 is 10.4 Å². The molecule has 1 aromatic heterocycles. The van der Waals surface area contributed by atoms with Crippen molar-refractivity contribution in [1.29, 1.82) is 0 Å². The SMILES string of the molecule is Cc1ccc(NC(=O)c2ncccc2O)cc1C. The first kappa shape index (κ1) is 12.1. The van der Waals surface area contributed by atoms with Crippen LogP contribution >= 0.6 is 0 Å². The Labute approximate surface area is 105 Å². The topological polar surface area (TPSA) is 62.2 Å². The average Bonchev–Trinajstić information content (AvgIpc) is 2.34. The van der Waals surface area contributed by atoms with Crippen molar-refractivity contribution < 1.29 is 9.90 Å². The molecule has 0 aliphatic heterocycles. The van der Waals surface area contributed by atoms with Crippen LogP contribution in [0.2, 0.25) is 0 Å². The summed E-state index contributed by atoms with van der Waals surface area (Å²) in [5.74, 6) is -0.546. The van der Waals surface area contributed by atoms with Crippen LogP contribution in [0, 0.1) is 13.8 Å². The van der Waals surface area contributed by atoms with E-state index in [9.17, 15) is 9.90 Å². The molecule has 0 bridgehead atoms. The number of carbonyl (C=O) groups is 1. The van der Waals surface area contributed by atoms with Gasteiger partial charge in [0, 0.05) is 11.9 Å². The van der Waals surface area contributed by atoms with Gasteiger partial charge in [-0.1, -0.05) is 6.07 Å². The van der Waals surface area contributed by atoms with Gasteiger partial charge in [-0.25, -0.2) is 4.98 Å². The second-order valence-electron chi connectivity index (χ2n) is 4.12. The largest absolute Gasteiger partial charge is 0.505 e. The second-order valence-corrected chi connectivity index (χ2v) is 4.12. The van der Waals surface area contributed by atoms with Crippen molar-refractivity contribution in [3.05, 3.63) is 53.3 Å².